The summed E-state index contributed by atoms with van der Waals surface area (Å²) in [5, 5.41) is 55.0. The number of primary amides is 1. The van der Waals surface area contributed by atoms with Gasteiger partial charge in [-0.3, -0.25) is 29.7 Å². The van der Waals surface area contributed by atoms with Crippen molar-refractivity contribution in [2.45, 2.75) is 75.7 Å². The number of fused-ring (bicyclic) bond motifs is 8. The summed E-state index contributed by atoms with van der Waals surface area (Å²) in [5.74, 6) is 0.0168. The minimum absolute atomic E-state index is 0. The number of aliphatic hydroxyl groups excluding tert-OH is 2. The Kier molecular flexibility index (Phi) is 28.7. The van der Waals surface area contributed by atoms with Crippen molar-refractivity contribution in [1.82, 2.24) is 30.6 Å². The molecule has 2 aromatic carbocycles. The molecule has 316 valence electrons. The topological polar surface area (TPSA) is 325 Å². The monoisotopic (exact) mass is 896 g/mol. The van der Waals surface area contributed by atoms with Gasteiger partial charge in [-0.2, -0.15) is 15.2 Å². The number of amides is 3. The number of aliphatic hydroxyl groups is 2. The zero-order valence-corrected chi connectivity index (χ0v) is 40.0. The van der Waals surface area contributed by atoms with E-state index in [2.05, 4.69) is 35.5 Å². The Hall–Kier alpha value is -3.36. The van der Waals surface area contributed by atoms with Crippen molar-refractivity contribution in [2.75, 3.05) is 13.2 Å². The molecule has 2 aromatic heterocycles. The van der Waals surface area contributed by atoms with Crippen molar-refractivity contribution in [3.63, 3.8) is 0 Å². The second-order valence-electron chi connectivity index (χ2n) is 12.7. The number of aromatic nitrogens is 4. The molecule has 0 aliphatic carbocycles. The molecule has 0 saturated carbocycles. The molecule has 0 saturated heterocycles. The van der Waals surface area contributed by atoms with Crippen molar-refractivity contribution in [2.24, 2.45) is 5.73 Å². The van der Waals surface area contributed by atoms with Gasteiger partial charge in [0.15, 0.2) is 23.9 Å². The number of ether oxygens (including phenoxy) is 2. The molecular weight excluding hydrogens is 851 g/mol. The summed E-state index contributed by atoms with van der Waals surface area (Å²) in [5.41, 5.74) is 7.06. The number of carbonyl (C=O) groups excluding carboxylic acids is 4. The molecule has 2 aliphatic heterocycles. The van der Waals surface area contributed by atoms with E-state index >= 15 is 0 Å². The van der Waals surface area contributed by atoms with Gasteiger partial charge in [-0.1, -0.05) is 49.2 Å². The molecule has 4 aromatic rings. The van der Waals surface area contributed by atoms with Gasteiger partial charge in [-0.15, -0.1) is 0 Å². The van der Waals surface area contributed by atoms with Crippen molar-refractivity contribution in [3.8, 4) is 40.6 Å². The Bertz CT molecular complexity index is 2020. The minimum atomic E-state index is -1.45. The third kappa shape index (κ3) is 18.5. The van der Waals surface area contributed by atoms with Gasteiger partial charge in [0.1, 0.15) is 0 Å². The second kappa shape index (κ2) is 31.5. The van der Waals surface area contributed by atoms with Gasteiger partial charge < -0.3 is 47.6 Å². The zero-order valence-electron chi connectivity index (χ0n) is 34.8. The molecule has 8 N–H and O–H groups in total. The van der Waals surface area contributed by atoms with E-state index in [9.17, 15) is 24.6 Å². The molecule has 3 amide bonds. The predicted octanol–water partition coefficient (Wildman–Crippen LogP) is -4.31. The standard InChI is InChI=1S/C19H22N4O4.C19H20N4O3.CH2O3.2K.H2O2.H/c20-17(25)16(24)14-8-2-1-5-11-27-15-9-10-21-18(23-15)12-6-3-4-7-13(12)19(26)22-14;20-12-16(24)15-8-2-1-5-11-26-17-9-10-21-18(23-17)13-6-3-4-7-14(13)19(25)22-15;2-1-4-3;;;1-2;/h3-4,6-7,9-10,14,16,24H,1-2,5,8,11H2,(H2,20,25)(H,22,26);3-4,6-7,9-10,15-16,24H,1-2,5,8,11H2,(H,22,25);1,3H;;;1-2H;/q;;;2*+1;;-1/p-1/t14-,16?;15-,16?;;;;;/m00...../s1. The van der Waals surface area contributed by atoms with E-state index in [0.717, 1.165) is 32.1 Å². The first-order chi connectivity index (χ1) is 28.7. The number of hydrogen-bond acceptors (Lipinski definition) is 17. The Morgan fingerprint density at radius 2 is 1.20 bits per heavy atom. The molecule has 0 spiro atoms. The molecule has 2 aliphatic rings. The van der Waals surface area contributed by atoms with E-state index < -0.39 is 36.1 Å². The van der Waals surface area contributed by atoms with Gasteiger partial charge in [0, 0.05) is 35.7 Å². The molecule has 4 bridgehead atoms. The van der Waals surface area contributed by atoms with E-state index in [1.54, 1.807) is 73.1 Å². The molecule has 4 atom stereocenters. The Morgan fingerprint density at radius 3 is 1.61 bits per heavy atom. The van der Waals surface area contributed by atoms with Crippen LogP contribution < -0.4 is 134 Å². The van der Waals surface area contributed by atoms with Gasteiger partial charge in [0.05, 0.1) is 42.5 Å². The SMILES string of the molecule is N#CC(O)[C@@H]1CCCCCOc2ccnc(n2)-c2ccccc2C(=O)N1.NC(=O)C(O)[C@@H]1CCCCCOc2ccnc(n2)-c2ccccc2C(=O)N1.O=CO[O-].OO.[H-].[K+].[K+]. The molecular formula is C39H46K2N8O12. The van der Waals surface area contributed by atoms with Crippen LogP contribution in [0.2, 0.25) is 0 Å². The normalized spacial score (nSPS) is 17.0. The maximum absolute atomic E-state index is 12.8. The first-order valence-corrected chi connectivity index (χ1v) is 18.4. The van der Waals surface area contributed by atoms with Crippen molar-refractivity contribution >= 4 is 24.2 Å². The van der Waals surface area contributed by atoms with Crippen molar-refractivity contribution in [3.05, 3.63) is 84.2 Å². The summed E-state index contributed by atoms with van der Waals surface area (Å²) in [6.45, 7) is 0.837. The second-order valence-corrected chi connectivity index (χ2v) is 12.7. The number of nitrogens with one attached hydrogen (secondary N) is 2. The maximum atomic E-state index is 12.8. The van der Waals surface area contributed by atoms with Crippen LogP contribution >= 0.6 is 0 Å². The van der Waals surface area contributed by atoms with Crippen molar-refractivity contribution in [1.29, 1.82) is 5.26 Å². The number of nitrogens with zero attached hydrogens (tertiary/aromatic N) is 5. The fraction of sp³-hybridized carbons (Fsp3) is 0.359. The summed E-state index contributed by atoms with van der Waals surface area (Å²) in [7, 11) is 0. The molecule has 4 heterocycles. The first kappa shape index (κ1) is 55.7. The fourth-order valence-corrected chi connectivity index (χ4v) is 5.89. The minimum Gasteiger partial charge on any atom is -1.00 e. The van der Waals surface area contributed by atoms with Gasteiger partial charge in [0.25, 0.3) is 18.3 Å². The summed E-state index contributed by atoms with van der Waals surface area (Å²) < 4.78 is 11.3. The summed E-state index contributed by atoms with van der Waals surface area (Å²) in [6, 6.07) is 17.6. The number of benzene rings is 2. The van der Waals surface area contributed by atoms with E-state index in [1.807, 2.05) is 6.07 Å². The van der Waals surface area contributed by atoms with Crippen LogP contribution in [0.15, 0.2) is 73.1 Å². The third-order valence-corrected chi connectivity index (χ3v) is 8.76. The van der Waals surface area contributed by atoms with E-state index in [4.69, 9.17) is 41.0 Å². The Labute approximate surface area is 437 Å². The van der Waals surface area contributed by atoms with Crippen molar-refractivity contribution < 1.29 is 164 Å². The largest absolute Gasteiger partial charge is 1.00 e. The van der Waals surface area contributed by atoms with E-state index in [1.165, 1.54) is 0 Å². The third-order valence-electron chi connectivity index (χ3n) is 8.76. The fourth-order valence-electron chi connectivity index (χ4n) is 5.89. The van der Waals surface area contributed by atoms with Crippen LogP contribution in [0, 0.1) is 11.3 Å². The van der Waals surface area contributed by atoms with Gasteiger partial charge >= 0.3 is 103 Å². The van der Waals surface area contributed by atoms with Crippen LogP contribution in [-0.2, 0) is 14.5 Å². The number of nitriles is 1. The maximum Gasteiger partial charge on any atom is 1.00 e. The van der Waals surface area contributed by atoms with Gasteiger partial charge in [-0.25, -0.2) is 9.97 Å². The van der Waals surface area contributed by atoms with Crippen LogP contribution in [0.25, 0.3) is 22.8 Å². The molecule has 22 heteroatoms. The predicted molar refractivity (Wildman–Crippen MR) is 206 cm³/mol. The van der Waals surface area contributed by atoms with Crippen LogP contribution in [0.3, 0.4) is 0 Å². The smallest absolute Gasteiger partial charge is 1.00 e. The van der Waals surface area contributed by atoms with Crippen LogP contribution in [0.1, 0.15) is 73.5 Å². The molecule has 0 fully saturated rings. The molecule has 2 unspecified atom stereocenters. The number of rotatable bonds is 4. The van der Waals surface area contributed by atoms with Gasteiger partial charge in [0.2, 0.25) is 17.7 Å². The van der Waals surface area contributed by atoms with Gasteiger partial charge in [-0.05, 0) is 50.7 Å². The van der Waals surface area contributed by atoms with Crippen LogP contribution in [-0.4, -0.2) is 102 Å². The van der Waals surface area contributed by atoms with Crippen LogP contribution in [0.4, 0.5) is 0 Å². The average Bonchev–Trinajstić information content (AvgIpc) is 3.27. The summed E-state index contributed by atoms with van der Waals surface area (Å²) >= 11 is 0. The summed E-state index contributed by atoms with van der Waals surface area (Å²) in [4.78, 5) is 65.6. The quantitative estimate of drug-likeness (QED) is 0.0335. The average molecular weight is 897 g/mol. The number of nitrogens with two attached hydrogens (primary N) is 1. The number of hydrogen-bond donors (Lipinski definition) is 7. The Balaban J connectivity index is 0.00000102. The molecule has 20 nitrogen and oxygen atoms in total. The molecule has 0 radical (unpaired) electrons. The summed E-state index contributed by atoms with van der Waals surface area (Å²) in [6.07, 6.45) is 6.16. The van der Waals surface area contributed by atoms with E-state index in [-0.39, 0.29) is 117 Å². The van der Waals surface area contributed by atoms with E-state index in [0.29, 0.717) is 78.1 Å². The molecule has 6 rings (SSSR count). The van der Waals surface area contributed by atoms with Crippen LogP contribution in [0.5, 0.6) is 11.8 Å². The molecule has 61 heavy (non-hydrogen) atoms. The number of carbonyl (C=O) groups is 4. The Morgan fingerprint density at radius 1 is 0.787 bits per heavy atom. The zero-order chi connectivity index (χ0) is 43.0. The first-order valence-electron chi connectivity index (χ1n) is 18.4.